The molecule has 8 nitrogen and oxygen atoms in total. The van der Waals surface area contributed by atoms with E-state index in [1.54, 1.807) is 28.5 Å². The smallest absolute Gasteiger partial charge is 0.316 e. The Balaban J connectivity index is 1.52. The normalized spacial score (nSPS) is 14.3. The number of hydrogen-bond acceptors (Lipinski definition) is 8. The van der Waals surface area contributed by atoms with E-state index in [9.17, 15) is 13.2 Å². The Morgan fingerprint density at radius 1 is 1.28 bits per heavy atom. The van der Waals surface area contributed by atoms with E-state index < -0.39 is 10.0 Å². The SMILES string of the molecule is CSc1cccc(NS(=O)(=O)c2cc(-c3noc(C(=O)N4CCCC4)n3)cs2)c1. The Labute approximate surface area is 176 Å². The molecular formula is C18H18N4O4S3. The van der Waals surface area contributed by atoms with Gasteiger partial charge in [0, 0.05) is 34.6 Å². The first-order valence-corrected chi connectivity index (χ1v) is 12.4. The van der Waals surface area contributed by atoms with E-state index >= 15 is 0 Å². The predicted molar refractivity (Wildman–Crippen MR) is 112 cm³/mol. The number of thioether (sulfide) groups is 1. The number of amides is 1. The Morgan fingerprint density at radius 2 is 2.07 bits per heavy atom. The summed E-state index contributed by atoms with van der Waals surface area (Å²) in [6, 6.07) is 8.64. The van der Waals surface area contributed by atoms with Gasteiger partial charge in [-0.25, -0.2) is 8.42 Å². The molecule has 0 spiro atoms. The number of carbonyl (C=O) groups is 1. The van der Waals surface area contributed by atoms with Crippen molar-refractivity contribution in [2.75, 3.05) is 24.1 Å². The quantitative estimate of drug-likeness (QED) is 0.573. The van der Waals surface area contributed by atoms with E-state index in [2.05, 4.69) is 14.9 Å². The minimum atomic E-state index is -3.75. The first-order chi connectivity index (χ1) is 14.0. The first kappa shape index (κ1) is 19.9. The number of likely N-dealkylation sites (tertiary alicyclic amines) is 1. The third-order valence-electron chi connectivity index (χ3n) is 4.42. The summed E-state index contributed by atoms with van der Waals surface area (Å²) < 4.78 is 33.2. The highest BCUT2D eigenvalue weighted by molar-refractivity contribution is 7.98. The van der Waals surface area contributed by atoms with Crippen LogP contribution in [0.2, 0.25) is 0 Å². The molecule has 4 rings (SSSR count). The maximum Gasteiger partial charge on any atom is 0.316 e. The lowest BCUT2D eigenvalue weighted by atomic mass is 10.3. The largest absolute Gasteiger partial charge is 0.334 e. The van der Waals surface area contributed by atoms with Crippen molar-refractivity contribution >= 4 is 44.7 Å². The molecule has 0 unspecified atom stereocenters. The fourth-order valence-electron chi connectivity index (χ4n) is 2.95. The molecule has 0 bridgehead atoms. The van der Waals surface area contributed by atoms with Gasteiger partial charge in [0.1, 0.15) is 4.21 Å². The Kier molecular flexibility index (Phi) is 5.61. The summed E-state index contributed by atoms with van der Waals surface area (Å²) in [7, 11) is -3.75. The molecule has 0 radical (unpaired) electrons. The molecule has 152 valence electrons. The van der Waals surface area contributed by atoms with Crippen LogP contribution in [0, 0.1) is 0 Å². The molecule has 3 heterocycles. The molecular weight excluding hydrogens is 432 g/mol. The standard InChI is InChI=1S/C18H18N4O4S3/c1-27-14-6-4-5-13(10-14)21-29(24,25)15-9-12(11-28-15)16-19-17(26-20-16)18(23)22-7-2-3-8-22/h4-6,9-11,21H,2-3,7-8H2,1H3. The highest BCUT2D eigenvalue weighted by Gasteiger charge is 2.26. The number of benzene rings is 1. The van der Waals surface area contributed by atoms with Crippen molar-refractivity contribution in [2.24, 2.45) is 0 Å². The monoisotopic (exact) mass is 450 g/mol. The minimum absolute atomic E-state index is 0.0792. The second-order valence-electron chi connectivity index (χ2n) is 6.41. The van der Waals surface area contributed by atoms with Gasteiger partial charge < -0.3 is 9.42 Å². The van der Waals surface area contributed by atoms with E-state index in [1.165, 1.54) is 17.8 Å². The van der Waals surface area contributed by atoms with Gasteiger partial charge in [-0.15, -0.1) is 23.1 Å². The number of sulfonamides is 1. The zero-order chi connectivity index (χ0) is 20.4. The molecule has 1 aromatic carbocycles. The number of carbonyl (C=O) groups excluding carboxylic acids is 1. The Bertz CT molecular complexity index is 1130. The van der Waals surface area contributed by atoms with Gasteiger partial charge in [-0.2, -0.15) is 4.98 Å². The fourth-order valence-corrected chi connectivity index (χ4v) is 5.62. The van der Waals surface area contributed by atoms with Crippen molar-refractivity contribution in [1.82, 2.24) is 15.0 Å². The highest BCUT2D eigenvalue weighted by atomic mass is 32.2. The summed E-state index contributed by atoms with van der Waals surface area (Å²) in [6.45, 7) is 1.36. The van der Waals surface area contributed by atoms with Crippen LogP contribution in [0.4, 0.5) is 5.69 Å². The molecule has 1 fully saturated rings. The number of thiophene rings is 1. The molecule has 0 atom stereocenters. The van der Waals surface area contributed by atoms with Crippen molar-refractivity contribution in [3.05, 3.63) is 41.6 Å². The van der Waals surface area contributed by atoms with Crippen LogP contribution >= 0.6 is 23.1 Å². The van der Waals surface area contributed by atoms with Crippen LogP contribution in [0.25, 0.3) is 11.4 Å². The second-order valence-corrected chi connectivity index (χ2v) is 10.1. The highest BCUT2D eigenvalue weighted by Crippen LogP contribution is 2.29. The zero-order valence-corrected chi connectivity index (χ0v) is 17.9. The van der Waals surface area contributed by atoms with Gasteiger partial charge in [0.25, 0.3) is 10.0 Å². The molecule has 11 heteroatoms. The topological polar surface area (TPSA) is 105 Å². The summed E-state index contributed by atoms with van der Waals surface area (Å²) in [4.78, 5) is 19.1. The molecule has 2 aromatic heterocycles. The lowest BCUT2D eigenvalue weighted by Gasteiger charge is -2.10. The zero-order valence-electron chi connectivity index (χ0n) is 15.5. The average molecular weight is 451 g/mol. The molecule has 1 aliphatic heterocycles. The molecule has 1 amide bonds. The Morgan fingerprint density at radius 3 is 2.83 bits per heavy atom. The van der Waals surface area contributed by atoms with Crippen molar-refractivity contribution < 1.29 is 17.7 Å². The predicted octanol–water partition coefficient (Wildman–Crippen LogP) is 3.56. The van der Waals surface area contributed by atoms with E-state index in [0.717, 1.165) is 29.1 Å². The van der Waals surface area contributed by atoms with Crippen molar-refractivity contribution in [1.29, 1.82) is 0 Å². The number of hydrogen-bond donors (Lipinski definition) is 1. The van der Waals surface area contributed by atoms with Crippen LogP contribution in [0.15, 0.2) is 49.3 Å². The first-order valence-electron chi connectivity index (χ1n) is 8.85. The fraction of sp³-hybridized carbons (Fsp3) is 0.278. The van der Waals surface area contributed by atoms with E-state index in [1.807, 2.05) is 12.3 Å². The van der Waals surface area contributed by atoms with Gasteiger partial charge in [-0.3, -0.25) is 9.52 Å². The van der Waals surface area contributed by atoms with E-state index in [-0.39, 0.29) is 21.8 Å². The van der Waals surface area contributed by atoms with Crippen LogP contribution in [0.5, 0.6) is 0 Å². The summed E-state index contributed by atoms with van der Waals surface area (Å²) in [5.74, 6) is -0.182. The summed E-state index contributed by atoms with van der Waals surface area (Å²) in [5, 5.41) is 5.46. The lowest BCUT2D eigenvalue weighted by molar-refractivity contribution is 0.0743. The maximum atomic E-state index is 12.7. The van der Waals surface area contributed by atoms with Gasteiger partial charge in [-0.05, 0) is 43.4 Å². The molecule has 0 aliphatic carbocycles. The van der Waals surface area contributed by atoms with Crippen molar-refractivity contribution in [2.45, 2.75) is 21.9 Å². The second kappa shape index (κ2) is 8.17. The van der Waals surface area contributed by atoms with Crippen molar-refractivity contribution in [3.8, 4) is 11.4 Å². The lowest BCUT2D eigenvalue weighted by Crippen LogP contribution is -2.27. The van der Waals surface area contributed by atoms with Crippen LogP contribution in [0.3, 0.4) is 0 Å². The van der Waals surface area contributed by atoms with Gasteiger partial charge in [0.05, 0.1) is 0 Å². The van der Waals surface area contributed by atoms with Crippen molar-refractivity contribution in [3.63, 3.8) is 0 Å². The third-order valence-corrected chi connectivity index (χ3v) is 7.97. The maximum absolute atomic E-state index is 12.7. The average Bonchev–Trinajstić information content (AvgIpc) is 3.48. The number of aromatic nitrogens is 2. The third kappa shape index (κ3) is 4.31. The summed E-state index contributed by atoms with van der Waals surface area (Å²) in [5.41, 5.74) is 0.974. The molecule has 3 aromatic rings. The minimum Gasteiger partial charge on any atom is -0.334 e. The summed E-state index contributed by atoms with van der Waals surface area (Å²) in [6.07, 6.45) is 3.85. The number of nitrogens with zero attached hydrogens (tertiary/aromatic N) is 3. The van der Waals surface area contributed by atoms with Gasteiger partial charge >= 0.3 is 11.8 Å². The molecule has 1 aliphatic rings. The molecule has 1 saturated heterocycles. The number of nitrogens with one attached hydrogen (secondary N) is 1. The van der Waals surface area contributed by atoms with Crippen LogP contribution in [-0.2, 0) is 10.0 Å². The molecule has 0 saturated carbocycles. The van der Waals surface area contributed by atoms with Crippen LogP contribution in [0.1, 0.15) is 23.5 Å². The molecule has 29 heavy (non-hydrogen) atoms. The van der Waals surface area contributed by atoms with Gasteiger partial charge in [-0.1, -0.05) is 11.2 Å². The Hall–Kier alpha value is -2.37. The van der Waals surface area contributed by atoms with Gasteiger partial charge in [0.15, 0.2) is 0 Å². The van der Waals surface area contributed by atoms with E-state index in [0.29, 0.717) is 24.3 Å². The van der Waals surface area contributed by atoms with Crippen LogP contribution < -0.4 is 4.72 Å². The van der Waals surface area contributed by atoms with Crippen LogP contribution in [-0.4, -0.2) is 48.7 Å². The number of rotatable bonds is 6. The summed E-state index contributed by atoms with van der Waals surface area (Å²) >= 11 is 2.58. The van der Waals surface area contributed by atoms with E-state index in [4.69, 9.17) is 4.52 Å². The van der Waals surface area contributed by atoms with Gasteiger partial charge in [0.2, 0.25) is 5.82 Å². The molecule has 1 N–H and O–H groups in total. The number of anilines is 1.